The Morgan fingerprint density at radius 2 is 2.23 bits per heavy atom. The molecule has 1 aromatic carbocycles. The molecule has 10 heteroatoms. The number of thioether (sulfide) groups is 1. The lowest BCUT2D eigenvalue weighted by molar-refractivity contribution is -0.139. The van der Waals surface area contributed by atoms with Crippen LogP contribution in [-0.4, -0.2) is 58.4 Å². The predicted molar refractivity (Wildman–Crippen MR) is 134 cm³/mol. The van der Waals surface area contributed by atoms with Gasteiger partial charge in [-0.25, -0.2) is 13.8 Å². The number of ether oxygens (including phenoxy) is 1. The molecule has 0 bridgehead atoms. The molecule has 0 aliphatic carbocycles. The lowest BCUT2D eigenvalue weighted by Gasteiger charge is -2.38. The quantitative estimate of drug-likeness (QED) is 0.318. The van der Waals surface area contributed by atoms with Crippen molar-refractivity contribution < 1.29 is 23.4 Å². The molecule has 1 aliphatic heterocycles. The summed E-state index contributed by atoms with van der Waals surface area (Å²) in [6.45, 7) is 2.38. The van der Waals surface area contributed by atoms with Crippen molar-refractivity contribution in [3.05, 3.63) is 47.4 Å². The predicted octanol–water partition coefficient (Wildman–Crippen LogP) is 5.83. The molecule has 4 rings (SSSR count). The first-order valence-corrected chi connectivity index (χ1v) is 13.5. The number of rotatable bonds is 11. The molecule has 188 valence electrons. The lowest BCUT2D eigenvalue weighted by atomic mass is 9.79. The molecule has 2 aromatic heterocycles. The Kier molecular flexibility index (Phi) is 8.91. The fourth-order valence-electron chi connectivity index (χ4n) is 4.86. The van der Waals surface area contributed by atoms with E-state index in [0.717, 1.165) is 35.8 Å². The second kappa shape index (κ2) is 12.1. The number of thiazole rings is 1. The number of halogens is 2. The van der Waals surface area contributed by atoms with Gasteiger partial charge in [-0.3, -0.25) is 9.78 Å². The zero-order valence-corrected chi connectivity index (χ0v) is 21.2. The van der Waals surface area contributed by atoms with E-state index in [2.05, 4.69) is 14.9 Å². The van der Waals surface area contributed by atoms with Crippen LogP contribution in [-0.2, 0) is 4.79 Å². The standard InChI is InChI=1S/C25H29F2N3O3S2/c1-33-18-3-5-22-19(13-18)24(21(27)14-29-22)20(26)4-2-16-6-8-30(15-17(16)12-23(31)32)9-11-35-25-28-7-10-34-25/h3,5,7,10,13-14,16-17,20H,2,4,6,8-9,11-12,15H2,1H3,(H,31,32)/t16?,17?,20-/m1/s1. The first-order chi connectivity index (χ1) is 16.9. The SMILES string of the molecule is COc1ccc2ncc(F)c([C@H](F)CCC3CCN(CCSc4nccs4)CC3CC(=O)O)c2c1. The van der Waals surface area contributed by atoms with Gasteiger partial charge in [0, 0.05) is 47.8 Å². The summed E-state index contributed by atoms with van der Waals surface area (Å²) in [6, 6.07) is 5.02. The molecule has 1 N–H and O–H groups in total. The second-order valence-corrected chi connectivity index (χ2v) is 11.0. The van der Waals surface area contributed by atoms with Crippen LogP contribution >= 0.6 is 23.1 Å². The highest BCUT2D eigenvalue weighted by atomic mass is 32.2. The molecule has 6 nitrogen and oxygen atoms in total. The molecule has 0 amide bonds. The van der Waals surface area contributed by atoms with Crippen LogP contribution in [0.15, 0.2) is 40.3 Å². The van der Waals surface area contributed by atoms with Crippen molar-refractivity contribution in [1.29, 1.82) is 0 Å². The number of methoxy groups -OCH3 is 1. The Hall–Kier alpha value is -2.30. The molecule has 0 radical (unpaired) electrons. The summed E-state index contributed by atoms with van der Waals surface area (Å²) in [5.41, 5.74) is 0.512. The van der Waals surface area contributed by atoms with Gasteiger partial charge in [0.15, 0.2) is 0 Å². The molecule has 0 spiro atoms. The topological polar surface area (TPSA) is 75.5 Å². The number of pyridine rings is 1. The van der Waals surface area contributed by atoms with Crippen LogP contribution in [0, 0.1) is 17.7 Å². The first-order valence-electron chi connectivity index (χ1n) is 11.7. The zero-order chi connectivity index (χ0) is 24.8. The number of hydrogen-bond donors (Lipinski definition) is 1. The van der Waals surface area contributed by atoms with Crippen LogP contribution in [0.4, 0.5) is 8.78 Å². The number of carboxylic acids is 1. The molecule has 3 aromatic rings. The smallest absolute Gasteiger partial charge is 0.303 e. The molecule has 1 aliphatic rings. The highest BCUT2D eigenvalue weighted by Gasteiger charge is 2.32. The maximum atomic E-state index is 15.4. The zero-order valence-electron chi connectivity index (χ0n) is 19.5. The van der Waals surface area contributed by atoms with Gasteiger partial charge in [-0.05, 0) is 55.8 Å². The summed E-state index contributed by atoms with van der Waals surface area (Å²) < 4.78 is 36.4. The first kappa shape index (κ1) is 25.8. The van der Waals surface area contributed by atoms with Crippen LogP contribution in [0.1, 0.15) is 37.4 Å². The fourth-order valence-corrected chi connectivity index (χ4v) is 6.56. The van der Waals surface area contributed by atoms with Crippen molar-refractivity contribution in [2.24, 2.45) is 11.8 Å². The lowest BCUT2D eigenvalue weighted by Crippen LogP contribution is -2.42. The normalized spacial score (nSPS) is 19.6. The largest absolute Gasteiger partial charge is 0.497 e. The van der Waals surface area contributed by atoms with Gasteiger partial charge in [0.05, 0.1) is 18.8 Å². The van der Waals surface area contributed by atoms with E-state index in [0.29, 0.717) is 29.6 Å². The Morgan fingerprint density at radius 3 is 2.97 bits per heavy atom. The summed E-state index contributed by atoms with van der Waals surface area (Å²) in [6.07, 6.45) is 2.84. The average molecular weight is 522 g/mol. The van der Waals surface area contributed by atoms with Crippen LogP contribution in [0.2, 0.25) is 0 Å². The second-order valence-electron chi connectivity index (χ2n) is 8.80. The van der Waals surface area contributed by atoms with E-state index in [1.54, 1.807) is 47.5 Å². The van der Waals surface area contributed by atoms with Crippen LogP contribution < -0.4 is 4.74 Å². The number of aromatic nitrogens is 2. The number of alkyl halides is 1. The van der Waals surface area contributed by atoms with E-state index < -0.39 is 18.0 Å². The van der Waals surface area contributed by atoms with Crippen molar-refractivity contribution in [2.45, 2.75) is 36.2 Å². The number of piperidine rings is 1. The van der Waals surface area contributed by atoms with E-state index in [1.807, 2.05) is 5.38 Å². The minimum absolute atomic E-state index is 0.000307. The van der Waals surface area contributed by atoms with Gasteiger partial charge in [0.25, 0.3) is 0 Å². The van der Waals surface area contributed by atoms with Crippen molar-refractivity contribution >= 4 is 40.0 Å². The Bertz CT molecular complexity index is 1130. The van der Waals surface area contributed by atoms with Gasteiger partial charge in [-0.15, -0.1) is 11.3 Å². The monoisotopic (exact) mass is 521 g/mol. The Labute approximate surface area is 211 Å². The molecule has 3 heterocycles. The van der Waals surface area contributed by atoms with Crippen molar-refractivity contribution in [3.63, 3.8) is 0 Å². The molecule has 0 saturated carbocycles. The van der Waals surface area contributed by atoms with Gasteiger partial charge in [-0.2, -0.15) is 0 Å². The maximum Gasteiger partial charge on any atom is 0.303 e. The third kappa shape index (κ3) is 6.68. The number of fused-ring (bicyclic) bond motifs is 1. The van der Waals surface area contributed by atoms with Gasteiger partial charge < -0.3 is 14.7 Å². The number of hydrogen-bond acceptors (Lipinski definition) is 7. The van der Waals surface area contributed by atoms with Gasteiger partial charge in [0.2, 0.25) is 0 Å². The molecule has 1 fully saturated rings. The number of carbonyl (C=O) groups is 1. The van der Waals surface area contributed by atoms with Crippen LogP contribution in [0.25, 0.3) is 10.9 Å². The average Bonchev–Trinajstić information content (AvgIpc) is 3.36. The van der Waals surface area contributed by atoms with Gasteiger partial charge >= 0.3 is 5.97 Å². The van der Waals surface area contributed by atoms with E-state index in [1.165, 1.54) is 7.11 Å². The van der Waals surface area contributed by atoms with E-state index in [-0.39, 0.29) is 30.2 Å². The van der Waals surface area contributed by atoms with E-state index >= 15 is 4.39 Å². The molecule has 2 unspecified atom stereocenters. The third-order valence-corrected chi connectivity index (χ3v) is 8.57. The number of carboxylic acid groups (broad SMARTS) is 1. The number of nitrogens with zero attached hydrogens (tertiary/aromatic N) is 3. The minimum atomic E-state index is -1.51. The molecule has 3 atom stereocenters. The number of aliphatic carboxylic acids is 1. The summed E-state index contributed by atoms with van der Waals surface area (Å²) in [5.74, 6) is -0.0832. The summed E-state index contributed by atoms with van der Waals surface area (Å²) in [7, 11) is 1.51. The molecule has 35 heavy (non-hydrogen) atoms. The molecular weight excluding hydrogens is 492 g/mol. The Balaban J connectivity index is 1.39. The van der Waals surface area contributed by atoms with Gasteiger partial charge in [-0.1, -0.05) is 11.8 Å². The Morgan fingerprint density at radius 1 is 1.37 bits per heavy atom. The third-order valence-electron chi connectivity index (χ3n) is 6.63. The van der Waals surface area contributed by atoms with Crippen LogP contribution in [0.3, 0.4) is 0 Å². The van der Waals surface area contributed by atoms with E-state index in [9.17, 15) is 14.3 Å². The van der Waals surface area contributed by atoms with Gasteiger partial charge in [0.1, 0.15) is 22.1 Å². The minimum Gasteiger partial charge on any atom is -0.497 e. The highest BCUT2D eigenvalue weighted by Crippen LogP contribution is 2.37. The van der Waals surface area contributed by atoms with Crippen molar-refractivity contribution in [3.8, 4) is 5.75 Å². The van der Waals surface area contributed by atoms with E-state index in [4.69, 9.17) is 4.74 Å². The molecule has 1 saturated heterocycles. The van der Waals surface area contributed by atoms with Crippen molar-refractivity contribution in [1.82, 2.24) is 14.9 Å². The highest BCUT2D eigenvalue weighted by molar-refractivity contribution is 8.01. The summed E-state index contributed by atoms with van der Waals surface area (Å²) in [5, 5.41) is 11.8. The fraction of sp³-hybridized carbons (Fsp3) is 0.480. The summed E-state index contributed by atoms with van der Waals surface area (Å²) >= 11 is 3.32. The van der Waals surface area contributed by atoms with Crippen molar-refractivity contribution in [2.75, 3.05) is 32.5 Å². The van der Waals surface area contributed by atoms with Crippen LogP contribution in [0.5, 0.6) is 5.75 Å². The maximum absolute atomic E-state index is 15.4. The number of benzene rings is 1. The molecular formula is C25H29F2N3O3S2. The number of likely N-dealkylation sites (tertiary alicyclic amines) is 1. The summed E-state index contributed by atoms with van der Waals surface area (Å²) in [4.78, 5) is 22.2.